The molecule has 1 heterocycles. The highest BCUT2D eigenvalue weighted by Gasteiger charge is 2.36. The topological polar surface area (TPSA) is 105 Å². The van der Waals surface area contributed by atoms with Crippen LogP contribution in [0.2, 0.25) is 0 Å². The summed E-state index contributed by atoms with van der Waals surface area (Å²) in [5.41, 5.74) is 5.09. The number of urea groups is 1. The van der Waals surface area contributed by atoms with Crippen molar-refractivity contribution in [1.82, 2.24) is 15.5 Å². The molecule has 0 radical (unpaired) electrons. The van der Waals surface area contributed by atoms with Crippen LogP contribution >= 0.6 is 0 Å². The fraction of sp³-hybridized carbons (Fsp3) is 0.750. The Labute approximate surface area is 112 Å². The first-order valence-corrected chi connectivity index (χ1v) is 6.52. The van der Waals surface area contributed by atoms with Crippen molar-refractivity contribution in [2.75, 3.05) is 13.1 Å². The molecule has 1 saturated heterocycles. The smallest absolute Gasteiger partial charge is 0.312 e. The van der Waals surface area contributed by atoms with Gasteiger partial charge in [0.15, 0.2) is 0 Å². The van der Waals surface area contributed by atoms with E-state index in [9.17, 15) is 14.4 Å². The fourth-order valence-corrected chi connectivity index (χ4v) is 2.23. The lowest BCUT2D eigenvalue weighted by molar-refractivity contribution is -0.145. The van der Waals surface area contributed by atoms with E-state index in [-0.39, 0.29) is 17.7 Å². The summed E-state index contributed by atoms with van der Waals surface area (Å²) in [5, 5.41) is 5.18. The molecule has 7 heteroatoms. The number of hydrogen-bond donors (Lipinski definition) is 3. The molecule has 0 aromatic heterocycles. The molecule has 2 atom stereocenters. The van der Waals surface area contributed by atoms with Gasteiger partial charge in [0.25, 0.3) is 0 Å². The molecule has 0 aromatic rings. The zero-order chi connectivity index (χ0) is 14.6. The summed E-state index contributed by atoms with van der Waals surface area (Å²) in [6.45, 7) is 6.38. The zero-order valence-corrected chi connectivity index (χ0v) is 11.6. The number of carbonyl (C=O) groups excluding carboxylic acids is 3. The Balaban J connectivity index is 2.88. The Morgan fingerprint density at radius 1 is 1.53 bits per heavy atom. The van der Waals surface area contributed by atoms with Gasteiger partial charge in [0.2, 0.25) is 11.8 Å². The maximum Gasteiger partial charge on any atom is 0.312 e. The van der Waals surface area contributed by atoms with Crippen molar-refractivity contribution in [2.45, 2.75) is 39.3 Å². The van der Waals surface area contributed by atoms with E-state index in [1.165, 1.54) is 4.90 Å². The summed E-state index contributed by atoms with van der Waals surface area (Å²) in [5.74, 6) is -0.498. The monoisotopic (exact) mass is 270 g/mol. The summed E-state index contributed by atoms with van der Waals surface area (Å²) in [4.78, 5) is 36.7. The first kappa shape index (κ1) is 15.3. The number of nitrogens with one attached hydrogen (secondary N) is 2. The number of amides is 4. The van der Waals surface area contributed by atoms with Gasteiger partial charge >= 0.3 is 6.03 Å². The Morgan fingerprint density at radius 3 is 2.63 bits per heavy atom. The van der Waals surface area contributed by atoms with Gasteiger partial charge in [0.1, 0.15) is 12.1 Å². The third kappa shape index (κ3) is 3.59. The van der Waals surface area contributed by atoms with E-state index in [0.717, 1.165) is 0 Å². The van der Waals surface area contributed by atoms with Crippen LogP contribution in [-0.4, -0.2) is 47.9 Å². The van der Waals surface area contributed by atoms with Crippen molar-refractivity contribution in [3.05, 3.63) is 0 Å². The summed E-state index contributed by atoms with van der Waals surface area (Å²) >= 11 is 0. The van der Waals surface area contributed by atoms with Crippen LogP contribution in [-0.2, 0) is 9.59 Å². The SMILES string of the molecule is CCC1C(=O)NCCN1C(=O)C(NC(N)=O)C(C)C. The number of primary amides is 1. The molecule has 1 aliphatic rings. The van der Waals surface area contributed by atoms with E-state index in [0.29, 0.717) is 19.5 Å². The molecule has 1 rings (SSSR count). The standard InChI is InChI=1S/C12H22N4O3/c1-4-8-10(17)14-5-6-16(8)11(18)9(7(2)3)15-12(13)19/h7-9H,4-6H2,1-3H3,(H,14,17)(H3,13,15,19). The van der Waals surface area contributed by atoms with Crippen molar-refractivity contribution in [3.8, 4) is 0 Å². The second kappa shape index (κ2) is 6.40. The number of rotatable bonds is 4. The number of nitrogens with zero attached hydrogens (tertiary/aromatic N) is 1. The third-order valence-corrected chi connectivity index (χ3v) is 3.23. The third-order valence-electron chi connectivity index (χ3n) is 3.23. The van der Waals surface area contributed by atoms with Crippen LogP contribution in [0.3, 0.4) is 0 Å². The van der Waals surface area contributed by atoms with Crippen LogP contribution in [0.15, 0.2) is 0 Å². The van der Waals surface area contributed by atoms with Crippen LogP contribution in [0.25, 0.3) is 0 Å². The largest absolute Gasteiger partial charge is 0.353 e. The highest BCUT2D eigenvalue weighted by Crippen LogP contribution is 2.13. The summed E-state index contributed by atoms with van der Waals surface area (Å²) in [6.07, 6.45) is 0.541. The van der Waals surface area contributed by atoms with Crippen LogP contribution in [0.1, 0.15) is 27.2 Å². The van der Waals surface area contributed by atoms with E-state index in [4.69, 9.17) is 5.73 Å². The minimum atomic E-state index is -0.735. The average molecular weight is 270 g/mol. The van der Waals surface area contributed by atoms with Crippen LogP contribution < -0.4 is 16.4 Å². The molecular formula is C12H22N4O3. The van der Waals surface area contributed by atoms with Crippen molar-refractivity contribution in [2.24, 2.45) is 11.7 Å². The summed E-state index contributed by atoms with van der Waals surface area (Å²) in [6, 6.07) is -1.91. The van der Waals surface area contributed by atoms with Gasteiger partial charge in [-0.2, -0.15) is 0 Å². The van der Waals surface area contributed by atoms with Crippen molar-refractivity contribution >= 4 is 17.8 Å². The van der Waals surface area contributed by atoms with Gasteiger partial charge in [-0.05, 0) is 12.3 Å². The molecule has 0 bridgehead atoms. The molecule has 7 nitrogen and oxygen atoms in total. The molecule has 19 heavy (non-hydrogen) atoms. The van der Waals surface area contributed by atoms with E-state index in [1.807, 2.05) is 20.8 Å². The van der Waals surface area contributed by atoms with Crippen molar-refractivity contribution in [1.29, 1.82) is 0 Å². The van der Waals surface area contributed by atoms with Crippen LogP contribution in [0.4, 0.5) is 4.79 Å². The van der Waals surface area contributed by atoms with Gasteiger partial charge in [-0.3, -0.25) is 9.59 Å². The molecule has 0 spiro atoms. The molecule has 0 aromatic carbocycles. The van der Waals surface area contributed by atoms with Gasteiger partial charge in [0.05, 0.1) is 0 Å². The normalized spacial score (nSPS) is 20.9. The number of piperazine rings is 1. The Kier molecular flexibility index (Phi) is 5.14. The lowest BCUT2D eigenvalue weighted by Crippen LogP contribution is -2.62. The van der Waals surface area contributed by atoms with Gasteiger partial charge in [-0.25, -0.2) is 4.79 Å². The average Bonchev–Trinajstić information content (AvgIpc) is 2.34. The van der Waals surface area contributed by atoms with Gasteiger partial charge in [0, 0.05) is 13.1 Å². The van der Waals surface area contributed by atoms with E-state index in [1.54, 1.807) is 0 Å². The second-order valence-electron chi connectivity index (χ2n) is 4.98. The molecule has 2 unspecified atom stereocenters. The van der Waals surface area contributed by atoms with Crippen LogP contribution in [0.5, 0.6) is 0 Å². The summed E-state index contributed by atoms with van der Waals surface area (Å²) in [7, 11) is 0. The molecule has 108 valence electrons. The van der Waals surface area contributed by atoms with E-state index >= 15 is 0 Å². The molecule has 1 aliphatic heterocycles. The highest BCUT2D eigenvalue weighted by atomic mass is 16.2. The minimum Gasteiger partial charge on any atom is -0.353 e. The van der Waals surface area contributed by atoms with Gasteiger partial charge in [-0.15, -0.1) is 0 Å². The second-order valence-corrected chi connectivity index (χ2v) is 4.98. The molecule has 0 saturated carbocycles. The Hall–Kier alpha value is -1.79. The lowest BCUT2D eigenvalue weighted by atomic mass is 10.0. The predicted molar refractivity (Wildman–Crippen MR) is 70.1 cm³/mol. The first-order valence-electron chi connectivity index (χ1n) is 6.52. The maximum absolute atomic E-state index is 12.5. The summed E-state index contributed by atoms with van der Waals surface area (Å²) < 4.78 is 0. The molecular weight excluding hydrogens is 248 g/mol. The van der Waals surface area contributed by atoms with Gasteiger partial charge < -0.3 is 21.3 Å². The highest BCUT2D eigenvalue weighted by molar-refractivity contribution is 5.92. The Morgan fingerprint density at radius 2 is 2.16 bits per heavy atom. The molecule has 0 aliphatic carbocycles. The van der Waals surface area contributed by atoms with E-state index < -0.39 is 18.1 Å². The zero-order valence-electron chi connectivity index (χ0n) is 11.6. The number of hydrogen-bond acceptors (Lipinski definition) is 3. The van der Waals surface area contributed by atoms with Gasteiger partial charge in [-0.1, -0.05) is 20.8 Å². The molecule has 4 amide bonds. The minimum absolute atomic E-state index is 0.0949. The van der Waals surface area contributed by atoms with Crippen molar-refractivity contribution in [3.63, 3.8) is 0 Å². The molecule has 1 fully saturated rings. The van der Waals surface area contributed by atoms with E-state index in [2.05, 4.69) is 10.6 Å². The number of carbonyl (C=O) groups is 3. The quantitative estimate of drug-likeness (QED) is 0.636. The lowest BCUT2D eigenvalue weighted by Gasteiger charge is -2.37. The maximum atomic E-state index is 12.5. The number of nitrogens with two attached hydrogens (primary N) is 1. The molecule has 4 N–H and O–H groups in total. The Bertz CT molecular complexity index is 370. The predicted octanol–water partition coefficient (Wildman–Crippen LogP) is -0.584. The first-order chi connectivity index (χ1) is 8.88. The van der Waals surface area contributed by atoms with Crippen molar-refractivity contribution < 1.29 is 14.4 Å². The van der Waals surface area contributed by atoms with Crippen LogP contribution in [0, 0.1) is 5.92 Å². The fourth-order valence-electron chi connectivity index (χ4n) is 2.23.